The van der Waals surface area contributed by atoms with Crippen LogP contribution in [0.3, 0.4) is 0 Å². The highest BCUT2D eigenvalue weighted by Gasteiger charge is 2.36. The third-order valence-corrected chi connectivity index (χ3v) is 3.82. The summed E-state index contributed by atoms with van der Waals surface area (Å²) in [6, 6.07) is 7.32. The molecule has 1 aliphatic heterocycles. The number of esters is 2. The number of rotatable bonds is 5. The van der Waals surface area contributed by atoms with Crippen molar-refractivity contribution in [1.82, 2.24) is 0 Å². The van der Waals surface area contributed by atoms with Gasteiger partial charge in [0.15, 0.2) is 0 Å². The van der Waals surface area contributed by atoms with E-state index in [-0.39, 0.29) is 24.6 Å². The number of benzene rings is 1. The lowest BCUT2D eigenvalue weighted by Crippen LogP contribution is -2.23. The largest absolute Gasteiger partial charge is 0.460 e. The number of carbonyl (C=O) groups is 2. The molecular formula is C18H20O6. The zero-order valence-corrected chi connectivity index (χ0v) is 13.9. The molecule has 0 spiro atoms. The van der Waals surface area contributed by atoms with E-state index in [0.29, 0.717) is 17.6 Å². The van der Waals surface area contributed by atoms with Crippen LogP contribution in [0.15, 0.2) is 28.7 Å². The van der Waals surface area contributed by atoms with Crippen LogP contribution in [0.2, 0.25) is 0 Å². The quantitative estimate of drug-likeness (QED) is 0.783. The molecular weight excluding hydrogens is 312 g/mol. The summed E-state index contributed by atoms with van der Waals surface area (Å²) in [6.07, 6.45) is -0.787. The second-order valence-corrected chi connectivity index (χ2v) is 6.14. The Morgan fingerprint density at radius 3 is 2.75 bits per heavy atom. The number of cyclic esters (lactones) is 1. The highest BCUT2D eigenvalue weighted by atomic mass is 16.6. The van der Waals surface area contributed by atoms with Gasteiger partial charge >= 0.3 is 11.9 Å². The van der Waals surface area contributed by atoms with E-state index in [1.165, 1.54) is 0 Å². The Morgan fingerprint density at radius 2 is 2.08 bits per heavy atom. The molecule has 2 heterocycles. The molecule has 2 unspecified atom stereocenters. The van der Waals surface area contributed by atoms with Crippen molar-refractivity contribution in [2.75, 3.05) is 0 Å². The van der Waals surface area contributed by atoms with Crippen LogP contribution >= 0.6 is 0 Å². The van der Waals surface area contributed by atoms with Crippen molar-refractivity contribution in [3.8, 4) is 0 Å². The van der Waals surface area contributed by atoms with Crippen LogP contribution in [-0.2, 0) is 25.6 Å². The van der Waals surface area contributed by atoms with Crippen molar-refractivity contribution in [2.45, 2.75) is 52.1 Å². The van der Waals surface area contributed by atoms with Gasteiger partial charge in [0.05, 0.1) is 12.7 Å². The Balaban J connectivity index is 1.88. The van der Waals surface area contributed by atoms with Gasteiger partial charge in [-0.25, -0.2) is 9.59 Å². The first-order valence-corrected chi connectivity index (χ1v) is 7.99. The van der Waals surface area contributed by atoms with Crippen molar-refractivity contribution < 1.29 is 28.2 Å². The lowest BCUT2D eigenvalue weighted by molar-refractivity contribution is -0.147. The Labute approximate surface area is 139 Å². The van der Waals surface area contributed by atoms with Gasteiger partial charge in [-0.3, -0.25) is 0 Å². The number of ether oxygens (including phenoxy) is 3. The molecule has 1 aromatic heterocycles. The second kappa shape index (κ2) is 6.65. The molecule has 1 fully saturated rings. The number of furan rings is 1. The number of fused-ring (bicyclic) bond motifs is 1. The van der Waals surface area contributed by atoms with Gasteiger partial charge in [0.1, 0.15) is 11.7 Å². The molecule has 0 aliphatic carbocycles. The summed E-state index contributed by atoms with van der Waals surface area (Å²) in [5.41, 5.74) is 1.21. The monoisotopic (exact) mass is 332 g/mol. The summed E-state index contributed by atoms with van der Waals surface area (Å²) < 4.78 is 21.6. The molecule has 0 N–H and O–H groups in total. The van der Waals surface area contributed by atoms with E-state index in [1.807, 2.05) is 32.0 Å². The first-order chi connectivity index (χ1) is 11.5. The molecule has 6 nitrogen and oxygen atoms in total. The zero-order valence-electron chi connectivity index (χ0n) is 13.9. The predicted molar refractivity (Wildman–Crippen MR) is 85.5 cm³/mol. The maximum absolute atomic E-state index is 12.5. The fourth-order valence-electron chi connectivity index (χ4n) is 2.66. The minimum atomic E-state index is -0.889. The Hall–Kier alpha value is -2.34. The summed E-state index contributed by atoms with van der Waals surface area (Å²) in [7, 11) is 0. The standard InChI is InChI=1S/C18H20O6/c1-10(2)21-9-13-12-6-4-5-7-14(12)23-16(13)18(20)24-15-8-11(3)22-17(15)19/h4-7,10-11,15H,8-9H2,1-3H3. The number of carbonyl (C=O) groups excluding carboxylic acids is 2. The van der Waals surface area contributed by atoms with Gasteiger partial charge < -0.3 is 18.6 Å². The fourth-order valence-corrected chi connectivity index (χ4v) is 2.66. The van der Waals surface area contributed by atoms with E-state index in [0.717, 1.165) is 5.39 Å². The first kappa shape index (κ1) is 16.5. The van der Waals surface area contributed by atoms with Crippen LogP contribution in [0.4, 0.5) is 0 Å². The highest BCUT2D eigenvalue weighted by Crippen LogP contribution is 2.29. The molecule has 0 amide bonds. The number of hydrogen-bond acceptors (Lipinski definition) is 6. The van der Waals surface area contributed by atoms with Crippen molar-refractivity contribution in [3.63, 3.8) is 0 Å². The van der Waals surface area contributed by atoms with Gasteiger partial charge in [-0.05, 0) is 26.8 Å². The highest BCUT2D eigenvalue weighted by molar-refractivity contribution is 5.97. The van der Waals surface area contributed by atoms with Crippen molar-refractivity contribution in [3.05, 3.63) is 35.6 Å². The van der Waals surface area contributed by atoms with Crippen molar-refractivity contribution >= 4 is 22.9 Å². The Kier molecular flexibility index (Phi) is 4.57. The SMILES string of the molecule is CC(C)OCc1c(C(=O)OC2CC(C)OC2=O)oc2ccccc12. The number of hydrogen-bond donors (Lipinski definition) is 0. The Bertz CT molecular complexity index is 760. The molecule has 3 rings (SSSR count). The van der Waals surface area contributed by atoms with Crippen molar-refractivity contribution in [2.24, 2.45) is 0 Å². The molecule has 6 heteroatoms. The van der Waals surface area contributed by atoms with E-state index in [2.05, 4.69) is 0 Å². The van der Waals surface area contributed by atoms with Gasteiger partial charge in [-0.15, -0.1) is 0 Å². The van der Waals surface area contributed by atoms with Crippen LogP contribution < -0.4 is 0 Å². The molecule has 1 saturated heterocycles. The lowest BCUT2D eigenvalue weighted by Gasteiger charge is -2.10. The normalized spacial score (nSPS) is 20.6. The van der Waals surface area contributed by atoms with Crippen molar-refractivity contribution in [1.29, 1.82) is 0 Å². The molecule has 24 heavy (non-hydrogen) atoms. The van der Waals surface area contributed by atoms with Gasteiger partial charge in [0.2, 0.25) is 11.9 Å². The average molecular weight is 332 g/mol. The van der Waals surface area contributed by atoms with Crippen LogP contribution in [-0.4, -0.2) is 30.3 Å². The average Bonchev–Trinajstić information content (AvgIpc) is 3.05. The summed E-state index contributed by atoms with van der Waals surface area (Å²) >= 11 is 0. The molecule has 128 valence electrons. The summed E-state index contributed by atoms with van der Waals surface area (Å²) in [5.74, 6) is -1.12. The third kappa shape index (κ3) is 3.28. The molecule has 2 aromatic rings. The molecule has 1 aliphatic rings. The maximum atomic E-state index is 12.5. The molecule has 2 atom stereocenters. The van der Waals surface area contributed by atoms with E-state index >= 15 is 0 Å². The lowest BCUT2D eigenvalue weighted by atomic mass is 10.1. The van der Waals surface area contributed by atoms with Gasteiger partial charge in [-0.2, -0.15) is 0 Å². The van der Waals surface area contributed by atoms with Gasteiger partial charge in [0, 0.05) is 17.4 Å². The fraction of sp³-hybridized carbons (Fsp3) is 0.444. The minimum Gasteiger partial charge on any atom is -0.460 e. The van der Waals surface area contributed by atoms with Gasteiger partial charge in [-0.1, -0.05) is 18.2 Å². The molecule has 0 saturated carbocycles. The molecule has 0 bridgehead atoms. The maximum Gasteiger partial charge on any atom is 0.375 e. The van der Waals surface area contributed by atoms with E-state index in [4.69, 9.17) is 18.6 Å². The van der Waals surface area contributed by atoms with E-state index in [1.54, 1.807) is 13.0 Å². The van der Waals surface area contributed by atoms with Crippen LogP contribution in [0.5, 0.6) is 0 Å². The topological polar surface area (TPSA) is 75.0 Å². The minimum absolute atomic E-state index is 0.00759. The van der Waals surface area contributed by atoms with Gasteiger partial charge in [0.25, 0.3) is 0 Å². The predicted octanol–water partition coefficient (Wildman–Crippen LogP) is 3.22. The zero-order chi connectivity index (χ0) is 17.3. The summed E-state index contributed by atoms with van der Waals surface area (Å²) in [5, 5.41) is 0.799. The van der Waals surface area contributed by atoms with Crippen LogP contribution in [0.25, 0.3) is 11.0 Å². The van der Waals surface area contributed by atoms with E-state index in [9.17, 15) is 9.59 Å². The molecule has 0 radical (unpaired) electrons. The van der Waals surface area contributed by atoms with Crippen LogP contribution in [0, 0.1) is 0 Å². The van der Waals surface area contributed by atoms with Crippen LogP contribution in [0.1, 0.15) is 43.3 Å². The van der Waals surface area contributed by atoms with E-state index < -0.39 is 18.0 Å². The number of para-hydroxylation sites is 1. The molecule has 1 aromatic carbocycles. The summed E-state index contributed by atoms with van der Waals surface area (Å²) in [4.78, 5) is 24.2. The Morgan fingerprint density at radius 1 is 1.33 bits per heavy atom. The first-order valence-electron chi connectivity index (χ1n) is 7.99. The summed E-state index contributed by atoms with van der Waals surface area (Å²) in [6.45, 7) is 5.81. The third-order valence-electron chi connectivity index (χ3n) is 3.82. The second-order valence-electron chi connectivity index (χ2n) is 6.14. The smallest absolute Gasteiger partial charge is 0.375 e.